The lowest BCUT2D eigenvalue weighted by Crippen LogP contribution is -2.23. The molecule has 2 aromatic rings. The van der Waals surface area contributed by atoms with Crippen molar-refractivity contribution in [3.05, 3.63) is 27.7 Å². The average molecular weight is 355 g/mol. The Hall–Kier alpha value is -2.52. The summed E-state index contributed by atoms with van der Waals surface area (Å²) in [7, 11) is 1.41. The normalized spacial score (nSPS) is 17.0. The van der Waals surface area contributed by atoms with Crippen molar-refractivity contribution in [3.8, 4) is 17.2 Å². The van der Waals surface area contributed by atoms with Crippen molar-refractivity contribution in [2.45, 2.75) is 12.5 Å². The molecule has 1 atom stereocenters. The van der Waals surface area contributed by atoms with Crippen molar-refractivity contribution in [2.24, 2.45) is 0 Å². The lowest BCUT2D eigenvalue weighted by molar-refractivity contribution is 0.209. The van der Waals surface area contributed by atoms with Crippen LogP contribution in [-0.4, -0.2) is 41.2 Å². The average Bonchev–Trinajstić information content (AvgIpc) is 3.17. The van der Waals surface area contributed by atoms with Crippen molar-refractivity contribution in [1.29, 1.82) is 0 Å². The SMILES string of the molecule is COc1cc(NC(=O)O)c(Cl)cc1-c1nn(C2CCNC2)c(=O)o1. The fourth-order valence-electron chi connectivity index (χ4n) is 2.58. The van der Waals surface area contributed by atoms with Crippen molar-refractivity contribution >= 4 is 23.4 Å². The highest BCUT2D eigenvalue weighted by Gasteiger charge is 2.24. The number of benzene rings is 1. The minimum atomic E-state index is -1.25. The molecule has 0 saturated carbocycles. The molecule has 3 N–H and O–H groups in total. The lowest BCUT2D eigenvalue weighted by Gasteiger charge is -2.10. The number of halogens is 1. The van der Waals surface area contributed by atoms with Crippen LogP contribution in [0.3, 0.4) is 0 Å². The first-order chi connectivity index (χ1) is 11.5. The van der Waals surface area contributed by atoms with Gasteiger partial charge in [-0.1, -0.05) is 11.6 Å². The van der Waals surface area contributed by atoms with E-state index in [1.54, 1.807) is 0 Å². The van der Waals surface area contributed by atoms with E-state index in [9.17, 15) is 9.59 Å². The van der Waals surface area contributed by atoms with Gasteiger partial charge in [-0.2, -0.15) is 4.68 Å². The summed E-state index contributed by atoms with van der Waals surface area (Å²) in [6.07, 6.45) is -0.470. The van der Waals surface area contributed by atoms with E-state index in [-0.39, 0.29) is 28.4 Å². The molecular formula is C14H15ClN4O5. The van der Waals surface area contributed by atoms with Crippen molar-refractivity contribution in [2.75, 3.05) is 25.5 Å². The predicted molar refractivity (Wildman–Crippen MR) is 85.9 cm³/mol. The molecule has 2 heterocycles. The van der Waals surface area contributed by atoms with Crippen LogP contribution in [0.5, 0.6) is 5.75 Å². The molecule has 0 bridgehead atoms. The van der Waals surface area contributed by atoms with Gasteiger partial charge in [0, 0.05) is 12.6 Å². The van der Waals surface area contributed by atoms with E-state index in [2.05, 4.69) is 15.7 Å². The van der Waals surface area contributed by atoms with Crippen molar-refractivity contribution < 1.29 is 19.1 Å². The standard InChI is InChI=1S/C14H15ClN4O5/c1-23-11-5-10(17-13(20)21)9(15)4-8(11)12-18-19(14(22)24-12)7-2-3-16-6-7/h4-5,7,16-17H,2-3,6H2,1H3,(H,20,21). The summed E-state index contributed by atoms with van der Waals surface area (Å²) in [5, 5.41) is 18.5. The van der Waals surface area contributed by atoms with Crippen LogP contribution in [0.2, 0.25) is 5.02 Å². The topological polar surface area (TPSA) is 119 Å². The first-order valence-corrected chi connectivity index (χ1v) is 7.55. The third-order valence-corrected chi connectivity index (χ3v) is 4.02. The van der Waals surface area contributed by atoms with Gasteiger partial charge in [-0.25, -0.2) is 9.59 Å². The number of nitrogens with one attached hydrogen (secondary N) is 2. The number of rotatable bonds is 4. The summed E-state index contributed by atoms with van der Waals surface area (Å²) in [5.41, 5.74) is 0.520. The molecule has 1 aliphatic rings. The Balaban J connectivity index is 2.02. The summed E-state index contributed by atoms with van der Waals surface area (Å²) in [5.74, 6) is -0.224. The molecule has 10 heteroatoms. The number of hydrogen-bond acceptors (Lipinski definition) is 6. The molecule has 1 aromatic carbocycles. The summed E-state index contributed by atoms with van der Waals surface area (Å²) >= 11 is 6.08. The van der Waals surface area contributed by atoms with E-state index in [0.717, 1.165) is 13.0 Å². The molecule has 1 unspecified atom stereocenters. The van der Waals surface area contributed by atoms with Gasteiger partial charge in [-0.15, -0.1) is 5.10 Å². The third-order valence-electron chi connectivity index (χ3n) is 3.71. The van der Waals surface area contributed by atoms with Crippen LogP contribution in [0, 0.1) is 0 Å². The van der Waals surface area contributed by atoms with E-state index in [1.807, 2.05) is 0 Å². The van der Waals surface area contributed by atoms with Gasteiger partial charge in [-0.05, 0) is 19.0 Å². The van der Waals surface area contributed by atoms with Crippen LogP contribution in [0.25, 0.3) is 11.5 Å². The molecule has 1 saturated heterocycles. The lowest BCUT2D eigenvalue weighted by atomic mass is 10.1. The third kappa shape index (κ3) is 3.08. The molecule has 0 spiro atoms. The molecule has 0 radical (unpaired) electrons. The smallest absolute Gasteiger partial charge is 0.437 e. The second-order valence-corrected chi connectivity index (χ2v) is 5.63. The van der Waals surface area contributed by atoms with Crippen molar-refractivity contribution in [1.82, 2.24) is 15.1 Å². The Kier molecular flexibility index (Phi) is 4.45. The van der Waals surface area contributed by atoms with Crippen LogP contribution in [-0.2, 0) is 0 Å². The zero-order valence-electron chi connectivity index (χ0n) is 12.7. The van der Waals surface area contributed by atoms with E-state index >= 15 is 0 Å². The number of nitrogens with zero attached hydrogens (tertiary/aromatic N) is 2. The second kappa shape index (κ2) is 6.54. The highest BCUT2D eigenvalue weighted by molar-refractivity contribution is 6.34. The number of hydrogen-bond donors (Lipinski definition) is 3. The molecule has 1 fully saturated rings. The number of ether oxygens (including phenoxy) is 1. The number of carboxylic acid groups (broad SMARTS) is 1. The highest BCUT2D eigenvalue weighted by Crippen LogP contribution is 2.36. The Bertz CT molecular complexity index is 825. The van der Waals surface area contributed by atoms with Crippen LogP contribution in [0.1, 0.15) is 12.5 Å². The Morgan fingerprint density at radius 1 is 1.58 bits per heavy atom. The summed E-state index contributed by atoms with van der Waals surface area (Å²) in [6, 6.07) is 2.78. The number of carbonyl (C=O) groups is 1. The maximum atomic E-state index is 12.0. The fraction of sp³-hybridized carbons (Fsp3) is 0.357. The van der Waals surface area contributed by atoms with Gasteiger partial charge >= 0.3 is 11.8 Å². The second-order valence-electron chi connectivity index (χ2n) is 5.23. The maximum absolute atomic E-state index is 12.0. The summed E-state index contributed by atoms with van der Waals surface area (Å²) < 4.78 is 11.8. The maximum Gasteiger partial charge on any atom is 0.437 e. The minimum Gasteiger partial charge on any atom is -0.496 e. The van der Waals surface area contributed by atoms with E-state index in [4.69, 9.17) is 25.9 Å². The quantitative estimate of drug-likeness (QED) is 0.765. The largest absolute Gasteiger partial charge is 0.496 e. The zero-order chi connectivity index (χ0) is 17.3. The van der Waals surface area contributed by atoms with E-state index in [0.29, 0.717) is 12.1 Å². The van der Waals surface area contributed by atoms with Gasteiger partial charge in [0.05, 0.1) is 29.4 Å². The minimum absolute atomic E-state index is 0.0625. The van der Waals surface area contributed by atoms with Gasteiger partial charge < -0.3 is 19.6 Å². The number of anilines is 1. The van der Waals surface area contributed by atoms with Crippen LogP contribution < -0.4 is 21.1 Å². The zero-order valence-corrected chi connectivity index (χ0v) is 13.5. The van der Waals surface area contributed by atoms with Gasteiger partial charge in [0.2, 0.25) is 0 Å². The van der Waals surface area contributed by atoms with Crippen LogP contribution in [0.4, 0.5) is 10.5 Å². The van der Waals surface area contributed by atoms with Crippen molar-refractivity contribution in [3.63, 3.8) is 0 Å². The van der Waals surface area contributed by atoms with E-state index in [1.165, 1.54) is 23.9 Å². The number of methoxy groups -OCH3 is 1. The number of aromatic nitrogens is 2. The molecule has 24 heavy (non-hydrogen) atoms. The Morgan fingerprint density at radius 2 is 2.38 bits per heavy atom. The molecule has 1 amide bonds. The molecule has 1 aliphatic heterocycles. The predicted octanol–water partition coefficient (Wildman–Crippen LogP) is 1.79. The summed E-state index contributed by atoms with van der Waals surface area (Å²) in [6.45, 7) is 1.45. The van der Waals surface area contributed by atoms with E-state index < -0.39 is 11.8 Å². The van der Waals surface area contributed by atoms with Crippen LogP contribution >= 0.6 is 11.6 Å². The monoisotopic (exact) mass is 354 g/mol. The molecule has 9 nitrogen and oxygen atoms in total. The first kappa shape index (κ1) is 16.3. The fourth-order valence-corrected chi connectivity index (χ4v) is 2.79. The van der Waals surface area contributed by atoms with Crippen LogP contribution in [0.15, 0.2) is 21.3 Å². The molecule has 128 valence electrons. The molecule has 3 rings (SSSR count). The molecule has 0 aliphatic carbocycles. The van der Waals surface area contributed by atoms with Gasteiger partial charge in [0.1, 0.15) is 5.75 Å². The number of amides is 1. The Labute approximate surface area is 141 Å². The highest BCUT2D eigenvalue weighted by atomic mass is 35.5. The first-order valence-electron chi connectivity index (χ1n) is 7.18. The van der Waals surface area contributed by atoms with Gasteiger partial charge in [-0.3, -0.25) is 5.32 Å². The molecular weight excluding hydrogens is 340 g/mol. The van der Waals surface area contributed by atoms with Gasteiger partial charge in [0.25, 0.3) is 5.89 Å². The summed E-state index contributed by atoms with van der Waals surface area (Å²) in [4.78, 5) is 22.8. The van der Waals surface area contributed by atoms with Gasteiger partial charge in [0.15, 0.2) is 0 Å². The molecule has 1 aromatic heterocycles. The Morgan fingerprint density at radius 3 is 3.00 bits per heavy atom.